The summed E-state index contributed by atoms with van der Waals surface area (Å²) in [6, 6.07) is 0. The quantitative estimate of drug-likeness (QED) is 0.413. The Labute approximate surface area is 102 Å². The lowest BCUT2D eigenvalue weighted by Crippen LogP contribution is -2.40. The lowest BCUT2D eigenvalue weighted by molar-refractivity contribution is 0.241. The molecule has 0 aromatic heterocycles. The van der Waals surface area contributed by atoms with Gasteiger partial charge in [-0.25, -0.2) is 0 Å². The molecule has 0 spiro atoms. The average Bonchev–Trinajstić information content (AvgIpc) is 2.27. The first-order chi connectivity index (χ1) is 7.63. The van der Waals surface area contributed by atoms with Crippen LogP contribution in [0.1, 0.15) is 52.4 Å². The van der Waals surface area contributed by atoms with Gasteiger partial charge in [-0.1, -0.05) is 57.3 Å². The molecule has 0 rings (SSSR count). The normalized spacial score (nSPS) is 15.6. The molecule has 1 heteroatoms. The van der Waals surface area contributed by atoms with E-state index in [1.807, 2.05) is 0 Å². The minimum absolute atomic E-state index is 0.0565. The number of nitrogens with zero attached hydrogens (tertiary/aromatic N) is 1. The van der Waals surface area contributed by atoms with Gasteiger partial charge in [-0.2, -0.15) is 0 Å². The van der Waals surface area contributed by atoms with Gasteiger partial charge in [0.1, 0.15) is 0 Å². The Morgan fingerprint density at radius 2 is 1.75 bits per heavy atom. The minimum atomic E-state index is 0.0565. The summed E-state index contributed by atoms with van der Waals surface area (Å²) in [6.45, 7) is 8.33. The monoisotopic (exact) mass is 223 g/mol. The van der Waals surface area contributed by atoms with Crippen LogP contribution < -0.4 is 0 Å². The Bertz CT molecular complexity index is 205. The van der Waals surface area contributed by atoms with Crippen LogP contribution in [0.4, 0.5) is 0 Å². The van der Waals surface area contributed by atoms with Crippen molar-refractivity contribution in [3.8, 4) is 0 Å². The fourth-order valence-electron chi connectivity index (χ4n) is 2.11. The van der Waals surface area contributed by atoms with Gasteiger partial charge >= 0.3 is 0 Å². The van der Waals surface area contributed by atoms with Crippen molar-refractivity contribution in [2.75, 3.05) is 14.1 Å². The van der Waals surface area contributed by atoms with E-state index in [1.54, 1.807) is 0 Å². The Morgan fingerprint density at radius 3 is 2.19 bits per heavy atom. The van der Waals surface area contributed by atoms with Gasteiger partial charge in [-0.15, -0.1) is 6.58 Å². The van der Waals surface area contributed by atoms with Crippen molar-refractivity contribution in [1.82, 2.24) is 4.90 Å². The van der Waals surface area contributed by atoms with Crippen LogP contribution >= 0.6 is 0 Å². The molecule has 0 N–H and O–H groups in total. The van der Waals surface area contributed by atoms with Crippen molar-refractivity contribution in [1.29, 1.82) is 0 Å². The summed E-state index contributed by atoms with van der Waals surface area (Å²) in [5.74, 6) is 0. The highest BCUT2D eigenvalue weighted by atomic mass is 15.1. The number of likely N-dealkylation sites (N-methyl/N-ethyl adjacent to an activating group) is 1. The SMILES string of the molecule is C=CC(C=CC)(CCCCCCC)N(C)C. The van der Waals surface area contributed by atoms with E-state index in [0.717, 1.165) is 0 Å². The lowest BCUT2D eigenvalue weighted by atomic mass is 9.90. The molecule has 1 unspecified atom stereocenters. The van der Waals surface area contributed by atoms with Crippen LogP contribution in [-0.2, 0) is 0 Å². The molecule has 0 saturated carbocycles. The summed E-state index contributed by atoms with van der Waals surface area (Å²) in [5.41, 5.74) is 0.0565. The molecule has 0 aliphatic carbocycles. The molecular weight excluding hydrogens is 194 g/mol. The van der Waals surface area contributed by atoms with Crippen molar-refractivity contribution in [2.24, 2.45) is 0 Å². The maximum absolute atomic E-state index is 4.00. The van der Waals surface area contributed by atoms with Crippen molar-refractivity contribution < 1.29 is 0 Å². The van der Waals surface area contributed by atoms with Crippen LogP contribution in [0.2, 0.25) is 0 Å². The predicted octanol–water partition coefficient (Wildman–Crippen LogP) is 4.41. The molecule has 0 aromatic carbocycles. The molecule has 0 heterocycles. The van der Waals surface area contributed by atoms with Crippen LogP contribution in [0.3, 0.4) is 0 Å². The number of unbranched alkanes of at least 4 members (excludes halogenated alkanes) is 4. The summed E-state index contributed by atoms with van der Waals surface area (Å²) in [5, 5.41) is 0. The number of hydrogen-bond donors (Lipinski definition) is 0. The summed E-state index contributed by atoms with van der Waals surface area (Å²) in [6.07, 6.45) is 14.3. The van der Waals surface area contributed by atoms with Gasteiger partial charge in [0.15, 0.2) is 0 Å². The topological polar surface area (TPSA) is 3.24 Å². The molecule has 0 amide bonds. The van der Waals surface area contributed by atoms with Crippen LogP contribution in [0, 0.1) is 0 Å². The third-order valence-electron chi connectivity index (χ3n) is 3.32. The molecule has 94 valence electrons. The van der Waals surface area contributed by atoms with E-state index in [9.17, 15) is 0 Å². The smallest absolute Gasteiger partial charge is 0.0567 e. The van der Waals surface area contributed by atoms with Crippen molar-refractivity contribution in [3.05, 3.63) is 24.8 Å². The average molecular weight is 223 g/mol. The summed E-state index contributed by atoms with van der Waals surface area (Å²) >= 11 is 0. The Hall–Kier alpha value is -0.560. The second-order valence-electron chi connectivity index (χ2n) is 4.75. The zero-order valence-electron chi connectivity index (χ0n) is 11.6. The van der Waals surface area contributed by atoms with Crippen LogP contribution in [0.25, 0.3) is 0 Å². The first kappa shape index (κ1) is 15.4. The molecule has 0 saturated heterocycles. The van der Waals surface area contributed by atoms with Gasteiger partial charge < -0.3 is 0 Å². The highest BCUT2D eigenvalue weighted by molar-refractivity contribution is 5.15. The minimum Gasteiger partial charge on any atom is -0.297 e. The maximum Gasteiger partial charge on any atom is 0.0567 e. The van der Waals surface area contributed by atoms with Crippen LogP contribution in [-0.4, -0.2) is 24.5 Å². The summed E-state index contributed by atoms with van der Waals surface area (Å²) < 4.78 is 0. The zero-order chi connectivity index (χ0) is 12.4. The maximum atomic E-state index is 4.00. The summed E-state index contributed by atoms with van der Waals surface area (Å²) in [4.78, 5) is 2.26. The Morgan fingerprint density at radius 1 is 1.12 bits per heavy atom. The van der Waals surface area contributed by atoms with E-state index >= 15 is 0 Å². The molecule has 0 fully saturated rings. The van der Waals surface area contributed by atoms with Gasteiger partial charge in [-0.05, 0) is 27.4 Å². The van der Waals surface area contributed by atoms with Crippen molar-refractivity contribution in [2.45, 2.75) is 57.9 Å². The fourth-order valence-corrected chi connectivity index (χ4v) is 2.11. The highest BCUT2D eigenvalue weighted by Crippen LogP contribution is 2.24. The molecular formula is C15H29N. The van der Waals surface area contributed by atoms with Gasteiger partial charge in [0.2, 0.25) is 0 Å². The highest BCUT2D eigenvalue weighted by Gasteiger charge is 2.24. The largest absolute Gasteiger partial charge is 0.297 e. The van der Waals surface area contributed by atoms with E-state index < -0.39 is 0 Å². The molecule has 0 radical (unpaired) electrons. The number of allylic oxidation sites excluding steroid dienone is 1. The first-order valence-electron chi connectivity index (χ1n) is 6.57. The molecule has 0 aliphatic heterocycles. The molecule has 16 heavy (non-hydrogen) atoms. The van der Waals surface area contributed by atoms with Gasteiger partial charge in [0, 0.05) is 0 Å². The van der Waals surface area contributed by atoms with E-state index in [2.05, 4.69) is 57.6 Å². The lowest BCUT2D eigenvalue weighted by Gasteiger charge is -2.34. The third kappa shape index (κ3) is 4.98. The molecule has 0 bridgehead atoms. The Kier molecular flexibility index (Phi) is 8.28. The second-order valence-corrected chi connectivity index (χ2v) is 4.75. The van der Waals surface area contributed by atoms with E-state index in [4.69, 9.17) is 0 Å². The molecule has 0 aromatic rings. The van der Waals surface area contributed by atoms with Gasteiger partial charge in [0.25, 0.3) is 0 Å². The van der Waals surface area contributed by atoms with Crippen molar-refractivity contribution in [3.63, 3.8) is 0 Å². The van der Waals surface area contributed by atoms with Crippen molar-refractivity contribution >= 4 is 0 Å². The molecule has 0 aliphatic rings. The standard InChI is InChI=1S/C15H29N/c1-6-9-10-11-12-14-15(8-3,13-7-2)16(4)5/h7-8,13H,3,6,9-12,14H2,1-2,4-5H3. The predicted molar refractivity (Wildman–Crippen MR) is 74.8 cm³/mol. The summed E-state index contributed by atoms with van der Waals surface area (Å²) in [7, 11) is 4.27. The van der Waals surface area contributed by atoms with Gasteiger partial charge in [-0.3, -0.25) is 4.90 Å². The molecule has 1 nitrogen and oxygen atoms in total. The zero-order valence-corrected chi connectivity index (χ0v) is 11.6. The van der Waals surface area contributed by atoms with Gasteiger partial charge in [0.05, 0.1) is 5.54 Å². The van der Waals surface area contributed by atoms with E-state index in [0.29, 0.717) is 0 Å². The van der Waals surface area contributed by atoms with Crippen LogP contribution in [0.5, 0.6) is 0 Å². The molecule has 1 atom stereocenters. The first-order valence-corrected chi connectivity index (χ1v) is 6.57. The third-order valence-corrected chi connectivity index (χ3v) is 3.32. The number of rotatable bonds is 9. The van der Waals surface area contributed by atoms with E-state index in [1.165, 1.54) is 38.5 Å². The number of hydrogen-bond acceptors (Lipinski definition) is 1. The van der Waals surface area contributed by atoms with Crippen LogP contribution in [0.15, 0.2) is 24.8 Å². The fraction of sp³-hybridized carbons (Fsp3) is 0.733. The van der Waals surface area contributed by atoms with E-state index in [-0.39, 0.29) is 5.54 Å². The Balaban J connectivity index is 4.16. The second kappa shape index (κ2) is 8.58.